The number of nitrogens with one attached hydrogen (secondary N) is 1. The lowest BCUT2D eigenvalue weighted by atomic mass is 9.99. The molecule has 1 fully saturated rings. The smallest absolute Gasteiger partial charge is 0.226 e. The summed E-state index contributed by atoms with van der Waals surface area (Å²) in [6, 6.07) is 13.6. The minimum atomic E-state index is -0.353. The van der Waals surface area contributed by atoms with E-state index in [-0.39, 0.29) is 30.6 Å². The number of hydrogen-bond acceptors (Lipinski definition) is 3. The van der Waals surface area contributed by atoms with Crippen molar-refractivity contribution in [3.05, 3.63) is 54.3 Å². The largest absolute Gasteiger partial charge is 0.372 e. The highest BCUT2D eigenvalue weighted by Gasteiger charge is 2.17. The molecule has 1 N–H and O–H groups in total. The van der Waals surface area contributed by atoms with E-state index in [4.69, 9.17) is 0 Å². The van der Waals surface area contributed by atoms with Crippen LogP contribution in [0.15, 0.2) is 48.5 Å². The van der Waals surface area contributed by atoms with Gasteiger partial charge in [-0.15, -0.1) is 0 Å². The van der Waals surface area contributed by atoms with E-state index in [2.05, 4.69) is 17.1 Å². The molecule has 29 heavy (non-hydrogen) atoms. The Morgan fingerprint density at radius 3 is 2.28 bits per heavy atom. The molecule has 3 rings (SSSR count). The molecule has 1 heterocycles. The van der Waals surface area contributed by atoms with Gasteiger partial charge in [0.15, 0.2) is 0 Å². The molecular formula is C23H28FN3O2. The maximum Gasteiger partial charge on any atom is 0.226 e. The van der Waals surface area contributed by atoms with E-state index >= 15 is 0 Å². The van der Waals surface area contributed by atoms with E-state index < -0.39 is 0 Å². The highest BCUT2D eigenvalue weighted by Crippen LogP contribution is 2.25. The predicted molar refractivity (Wildman–Crippen MR) is 115 cm³/mol. The van der Waals surface area contributed by atoms with Gasteiger partial charge in [-0.3, -0.25) is 9.59 Å². The van der Waals surface area contributed by atoms with Crippen molar-refractivity contribution in [1.82, 2.24) is 0 Å². The van der Waals surface area contributed by atoms with Gasteiger partial charge in [0.2, 0.25) is 11.8 Å². The first-order valence-electron chi connectivity index (χ1n) is 10.1. The number of carbonyl (C=O) groups is 2. The summed E-state index contributed by atoms with van der Waals surface area (Å²) in [6.45, 7) is 6.18. The topological polar surface area (TPSA) is 52.7 Å². The molecule has 0 radical (unpaired) electrons. The molecule has 0 atom stereocenters. The Morgan fingerprint density at radius 2 is 1.69 bits per heavy atom. The summed E-state index contributed by atoms with van der Waals surface area (Å²) in [6.07, 6.45) is 2.55. The summed E-state index contributed by atoms with van der Waals surface area (Å²) in [4.78, 5) is 28.3. The highest BCUT2D eigenvalue weighted by atomic mass is 19.1. The summed E-state index contributed by atoms with van der Waals surface area (Å²) in [5.74, 6) is 0.0918. The van der Waals surface area contributed by atoms with E-state index in [0.29, 0.717) is 5.69 Å². The average Bonchev–Trinajstić information content (AvgIpc) is 2.71. The molecule has 1 saturated heterocycles. The number of piperidine rings is 1. The van der Waals surface area contributed by atoms with Crippen LogP contribution < -0.4 is 15.1 Å². The zero-order valence-electron chi connectivity index (χ0n) is 17.0. The van der Waals surface area contributed by atoms with Crippen molar-refractivity contribution in [1.29, 1.82) is 0 Å². The number of hydrogen-bond donors (Lipinski definition) is 1. The first-order valence-corrected chi connectivity index (χ1v) is 10.1. The molecule has 6 heteroatoms. The van der Waals surface area contributed by atoms with E-state index in [0.717, 1.165) is 24.7 Å². The number of halogens is 1. The Kier molecular flexibility index (Phi) is 6.86. The lowest BCUT2D eigenvalue weighted by Crippen LogP contribution is -2.33. The number of anilines is 3. The molecule has 1 aliphatic rings. The molecule has 5 nitrogen and oxygen atoms in total. The Labute approximate surface area is 171 Å². The average molecular weight is 397 g/mol. The quantitative estimate of drug-likeness (QED) is 0.784. The monoisotopic (exact) mass is 397 g/mol. The third-order valence-corrected chi connectivity index (χ3v) is 5.38. The second-order valence-corrected chi connectivity index (χ2v) is 7.66. The molecule has 2 aromatic rings. The first-order chi connectivity index (χ1) is 13.9. The second-order valence-electron chi connectivity index (χ2n) is 7.66. The molecule has 2 amide bonds. The van der Waals surface area contributed by atoms with Crippen LogP contribution in [0.1, 0.15) is 33.1 Å². The molecule has 1 aliphatic heterocycles. The van der Waals surface area contributed by atoms with Crippen molar-refractivity contribution in [2.24, 2.45) is 5.92 Å². The predicted octanol–water partition coefficient (Wildman–Crippen LogP) is 4.44. The number of nitrogens with zero attached hydrogens (tertiary/aromatic N) is 2. The second kappa shape index (κ2) is 9.54. The Balaban J connectivity index is 1.58. The SMILES string of the molecule is CC(=O)N(CCC(=O)Nc1ccc(F)cc1)c1ccc(N2CCC(C)CC2)cc1. The third-order valence-electron chi connectivity index (χ3n) is 5.38. The van der Waals surface area contributed by atoms with Gasteiger partial charge in [-0.25, -0.2) is 4.39 Å². The van der Waals surface area contributed by atoms with Gasteiger partial charge in [0, 0.05) is 50.0 Å². The summed E-state index contributed by atoms with van der Waals surface area (Å²) >= 11 is 0. The van der Waals surface area contributed by atoms with Crippen LogP contribution in [0.3, 0.4) is 0 Å². The van der Waals surface area contributed by atoms with E-state index in [9.17, 15) is 14.0 Å². The Bertz CT molecular complexity index is 828. The van der Waals surface area contributed by atoms with Crippen LogP contribution in [0, 0.1) is 11.7 Å². The Hall–Kier alpha value is -2.89. The van der Waals surface area contributed by atoms with Crippen molar-refractivity contribution in [3.63, 3.8) is 0 Å². The van der Waals surface area contributed by atoms with Crippen molar-refractivity contribution in [3.8, 4) is 0 Å². The van der Waals surface area contributed by atoms with E-state index in [1.807, 2.05) is 24.3 Å². The molecule has 0 saturated carbocycles. The molecule has 0 aromatic heterocycles. The van der Waals surface area contributed by atoms with Crippen molar-refractivity contribution >= 4 is 28.9 Å². The summed E-state index contributed by atoms with van der Waals surface area (Å²) in [5.41, 5.74) is 2.48. The van der Waals surface area contributed by atoms with Crippen LogP contribution in [-0.4, -0.2) is 31.4 Å². The lowest BCUT2D eigenvalue weighted by molar-refractivity contribution is -0.117. The first kappa shape index (κ1) is 20.8. The van der Waals surface area contributed by atoms with Crippen LogP contribution in [0.5, 0.6) is 0 Å². The third kappa shape index (κ3) is 5.79. The normalized spacial score (nSPS) is 14.5. The number of carbonyl (C=O) groups excluding carboxylic acids is 2. The van der Waals surface area contributed by atoms with Crippen LogP contribution >= 0.6 is 0 Å². The molecule has 0 unspecified atom stereocenters. The van der Waals surface area contributed by atoms with Gasteiger partial charge in [-0.05, 0) is 67.3 Å². The van der Waals surface area contributed by atoms with Crippen LogP contribution in [0.25, 0.3) is 0 Å². The molecule has 2 aromatic carbocycles. The van der Waals surface area contributed by atoms with Gasteiger partial charge >= 0.3 is 0 Å². The zero-order valence-corrected chi connectivity index (χ0v) is 17.0. The molecule has 154 valence electrons. The summed E-state index contributed by atoms with van der Waals surface area (Å²) in [7, 11) is 0. The standard InChI is InChI=1S/C23H28FN3O2/c1-17-11-14-26(15-12-17)21-7-9-22(10-8-21)27(18(2)28)16-13-23(29)25-20-5-3-19(24)4-6-20/h3-10,17H,11-16H2,1-2H3,(H,25,29). The molecule has 0 bridgehead atoms. The van der Waals surface area contributed by atoms with Crippen LogP contribution in [0.2, 0.25) is 0 Å². The molecule has 0 spiro atoms. The minimum Gasteiger partial charge on any atom is -0.372 e. The van der Waals surface area contributed by atoms with E-state index in [1.54, 1.807) is 4.90 Å². The van der Waals surface area contributed by atoms with Crippen LogP contribution in [0.4, 0.5) is 21.5 Å². The number of amides is 2. The van der Waals surface area contributed by atoms with E-state index in [1.165, 1.54) is 49.7 Å². The van der Waals surface area contributed by atoms with Gasteiger partial charge < -0.3 is 15.1 Å². The van der Waals surface area contributed by atoms with Crippen molar-refractivity contribution < 1.29 is 14.0 Å². The van der Waals surface area contributed by atoms with Crippen molar-refractivity contribution in [2.75, 3.05) is 34.8 Å². The molecule has 0 aliphatic carbocycles. The number of rotatable bonds is 6. The number of benzene rings is 2. The Morgan fingerprint density at radius 1 is 1.07 bits per heavy atom. The lowest BCUT2D eigenvalue weighted by Gasteiger charge is -2.32. The maximum absolute atomic E-state index is 13.0. The fourth-order valence-electron chi connectivity index (χ4n) is 3.55. The van der Waals surface area contributed by atoms with Crippen molar-refractivity contribution in [2.45, 2.75) is 33.1 Å². The van der Waals surface area contributed by atoms with Gasteiger partial charge in [-0.2, -0.15) is 0 Å². The van der Waals surface area contributed by atoms with Gasteiger partial charge in [0.1, 0.15) is 5.82 Å². The maximum atomic E-state index is 13.0. The summed E-state index contributed by atoms with van der Waals surface area (Å²) < 4.78 is 13.0. The van der Waals surface area contributed by atoms with Gasteiger partial charge in [0.25, 0.3) is 0 Å². The van der Waals surface area contributed by atoms with Gasteiger partial charge in [-0.1, -0.05) is 6.92 Å². The minimum absolute atomic E-state index is 0.112. The van der Waals surface area contributed by atoms with Gasteiger partial charge in [0.05, 0.1) is 0 Å². The fraction of sp³-hybridized carbons (Fsp3) is 0.391. The summed E-state index contributed by atoms with van der Waals surface area (Å²) in [5, 5.41) is 2.72. The van der Waals surface area contributed by atoms with Crippen LogP contribution in [-0.2, 0) is 9.59 Å². The molecular weight excluding hydrogens is 369 g/mol. The highest BCUT2D eigenvalue weighted by molar-refractivity contribution is 5.94. The zero-order chi connectivity index (χ0) is 20.8. The fourth-order valence-corrected chi connectivity index (χ4v) is 3.55.